The highest BCUT2D eigenvalue weighted by Gasteiger charge is 1.79. The smallest absolute Gasteiger partial charge is 0.153 e. The van der Waals surface area contributed by atoms with Crippen LogP contribution in [0.4, 0.5) is 0 Å². The molecule has 0 bridgehead atoms. The molecular formula is C5H10NO+. The summed E-state index contributed by atoms with van der Waals surface area (Å²) < 4.78 is 4.75. The van der Waals surface area contributed by atoms with Gasteiger partial charge in [0.1, 0.15) is 6.20 Å². The normalized spacial score (nSPS) is 10.9. The van der Waals surface area contributed by atoms with Gasteiger partial charge in [0.05, 0.1) is 6.26 Å². The van der Waals surface area contributed by atoms with Crippen LogP contribution >= 0.6 is 0 Å². The largest absolute Gasteiger partial charge is 0.465 e. The third kappa shape index (κ3) is 3.06. The van der Waals surface area contributed by atoms with E-state index in [-0.39, 0.29) is 0 Å². The predicted molar refractivity (Wildman–Crippen MR) is 27.9 cm³/mol. The predicted octanol–water partition coefficient (Wildman–Crippen LogP) is 0.250. The summed E-state index contributed by atoms with van der Waals surface area (Å²) in [4.78, 5) is 0. The van der Waals surface area contributed by atoms with E-state index in [1.54, 1.807) is 6.20 Å². The summed E-state index contributed by atoms with van der Waals surface area (Å²) in [6, 6.07) is 0. The molecule has 0 saturated carbocycles. The Hall–Kier alpha value is -0.760. The van der Waals surface area contributed by atoms with Gasteiger partial charge in [0.15, 0.2) is 5.76 Å². The Labute approximate surface area is 43.3 Å². The fourth-order valence-corrected chi connectivity index (χ4v) is 0.180. The summed E-state index contributed by atoms with van der Waals surface area (Å²) in [7, 11) is 0. The molecule has 0 aliphatic heterocycles. The molecule has 0 rings (SSSR count). The average Bonchev–Trinajstić information content (AvgIpc) is 1.68. The van der Waals surface area contributed by atoms with Gasteiger partial charge in [-0.05, 0) is 6.92 Å². The van der Waals surface area contributed by atoms with Crippen molar-refractivity contribution >= 4 is 0 Å². The lowest BCUT2D eigenvalue weighted by Crippen LogP contribution is -2.40. The van der Waals surface area contributed by atoms with Gasteiger partial charge in [-0.3, -0.25) is 0 Å². The van der Waals surface area contributed by atoms with Crippen LogP contribution in [0.3, 0.4) is 0 Å². The summed E-state index contributed by atoms with van der Waals surface area (Å²) in [5, 5.41) is 0. The van der Waals surface area contributed by atoms with Crippen LogP contribution in [0.15, 0.2) is 24.8 Å². The molecule has 0 aliphatic carbocycles. The lowest BCUT2D eigenvalue weighted by atomic mass is 10.6. The highest BCUT2D eigenvalue weighted by molar-refractivity contribution is 4.80. The van der Waals surface area contributed by atoms with Crippen molar-refractivity contribution < 1.29 is 10.5 Å². The molecule has 2 nitrogen and oxygen atoms in total. The van der Waals surface area contributed by atoms with E-state index in [0.717, 1.165) is 5.76 Å². The molecule has 0 spiro atoms. The molecular weight excluding hydrogens is 90.1 g/mol. The fourth-order valence-electron chi connectivity index (χ4n) is 0.180. The van der Waals surface area contributed by atoms with Crippen molar-refractivity contribution in [2.75, 3.05) is 0 Å². The van der Waals surface area contributed by atoms with Gasteiger partial charge in [-0.1, -0.05) is 6.58 Å². The molecule has 0 saturated heterocycles. The molecule has 0 aromatic rings. The first-order chi connectivity index (χ1) is 3.31. The van der Waals surface area contributed by atoms with Crippen LogP contribution in [0.5, 0.6) is 0 Å². The first kappa shape index (κ1) is 6.24. The first-order valence-corrected chi connectivity index (χ1v) is 2.04. The number of rotatable bonds is 2. The summed E-state index contributed by atoms with van der Waals surface area (Å²) in [6.45, 7) is 5.17. The second kappa shape index (κ2) is 3.43. The molecule has 0 unspecified atom stereocenters. The van der Waals surface area contributed by atoms with E-state index in [4.69, 9.17) is 4.74 Å². The van der Waals surface area contributed by atoms with Crippen molar-refractivity contribution in [2.24, 2.45) is 0 Å². The van der Waals surface area contributed by atoms with Gasteiger partial charge in [-0.15, -0.1) is 0 Å². The Morgan fingerprint density at radius 2 is 2.43 bits per heavy atom. The highest BCUT2D eigenvalue weighted by Crippen LogP contribution is 1.88. The third-order valence-corrected chi connectivity index (χ3v) is 0.557. The van der Waals surface area contributed by atoms with Crippen LogP contribution in [0, 0.1) is 0 Å². The Kier molecular flexibility index (Phi) is 3.06. The lowest BCUT2D eigenvalue weighted by molar-refractivity contribution is -0.278. The SMILES string of the molecule is C=COC(C)=C[NH3+]. The standard InChI is InChI=1S/C5H9NO/c1-3-7-5(2)4-6/h3-4H,1,6H2,2H3/p+1. The van der Waals surface area contributed by atoms with Gasteiger partial charge in [0.25, 0.3) is 0 Å². The lowest BCUT2D eigenvalue weighted by Gasteiger charge is -1.90. The summed E-state index contributed by atoms with van der Waals surface area (Å²) in [5.74, 6) is 0.773. The van der Waals surface area contributed by atoms with Crippen molar-refractivity contribution in [1.29, 1.82) is 0 Å². The van der Waals surface area contributed by atoms with Crippen molar-refractivity contribution in [3.8, 4) is 0 Å². The monoisotopic (exact) mass is 100 g/mol. The van der Waals surface area contributed by atoms with Crippen LogP contribution in [-0.2, 0) is 4.74 Å². The maximum Gasteiger partial charge on any atom is 0.153 e. The van der Waals surface area contributed by atoms with Crippen LogP contribution in [-0.4, -0.2) is 0 Å². The van der Waals surface area contributed by atoms with Crippen molar-refractivity contribution in [3.63, 3.8) is 0 Å². The van der Waals surface area contributed by atoms with E-state index in [2.05, 4.69) is 12.3 Å². The van der Waals surface area contributed by atoms with E-state index in [1.807, 2.05) is 6.92 Å². The zero-order valence-electron chi connectivity index (χ0n) is 4.48. The molecule has 0 fully saturated rings. The Morgan fingerprint density at radius 1 is 1.86 bits per heavy atom. The number of hydrogen-bond acceptors (Lipinski definition) is 1. The number of allylic oxidation sites excluding steroid dienone is 1. The van der Waals surface area contributed by atoms with E-state index < -0.39 is 0 Å². The maximum atomic E-state index is 4.75. The van der Waals surface area contributed by atoms with Gasteiger partial charge < -0.3 is 10.5 Å². The quantitative estimate of drug-likeness (QED) is 0.496. The molecule has 7 heavy (non-hydrogen) atoms. The minimum atomic E-state index is 0.773. The minimum Gasteiger partial charge on any atom is -0.465 e. The van der Waals surface area contributed by atoms with Gasteiger partial charge >= 0.3 is 0 Å². The van der Waals surface area contributed by atoms with E-state index in [0.29, 0.717) is 0 Å². The molecule has 2 heteroatoms. The Bertz CT molecular complexity index is 86.1. The third-order valence-electron chi connectivity index (χ3n) is 0.557. The van der Waals surface area contributed by atoms with E-state index in [1.165, 1.54) is 6.26 Å². The fraction of sp³-hybridized carbons (Fsp3) is 0.200. The molecule has 0 atom stereocenters. The zero-order chi connectivity index (χ0) is 5.70. The van der Waals surface area contributed by atoms with Gasteiger partial charge in [-0.25, -0.2) is 0 Å². The number of hydrogen-bond donors (Lipinski definition) is 1. The van der Waals surface area contributed by atoms with E-state index in [9.17, 15) is 0 Å². The van der Waals surface area contributed by atoms with Crippen LogP contribution in [0.25, 0.3) is 0 Å². The second-order valence-corrected chi connectivity index (χ2v) is 1.10. The van der Waals surface area contributed by atoms with Crippen LogP contribution < -0.4 is 5.73 Å². The Morgan fingerprint density at radius 3 is 2.57 bits per heavy atom. The van der Waals surface area contributed by atoms with Crippen LogP contribution in [0.1, 0.15) is 6.92 Å². The highest BCUT2D eigenvalue weighted by atomic mass is 16.5. The van der Waals surface area contributed by atoms with E-state index >= 15 is 0 Å². The molecule has 0 radical (unpaired) electrons. The van der Waals surface area contributed by atoms with Crippen LogP contribution in [0.2, 0.25) is 0 Å². The second-order valence-electron chi connectivity index (χ2n) is 1.10. The molecule has 40 valence electrons. The average molecular weight is 100 g/mol. The molecule has 0 heterocycles. The number of ether oxygens (including phenoxy) is 1. The maximum absolute atomic E-state index is 4.75. The van der Waals surface area contributed by atoms with Crippen molar-refractivity contribution in [3.05, 3.63) is 24.8 Å². The molecule has 0 aromatic heterocycles. The van der Waals surface area contributed by atoms with Gasteiger partial charge in [0, 0.05) is 0 Å². The van der Waals surface area contributed by atoms with Gasteiger partial charge in [0.2, 0.25) is 0 Å². The molecule has 0 aromatic carbocycles. The topological polar surface area (TPSA) is 36.9 Å². The molecule has 0 amide bonds. The summed E-state index contributed by atoms with van der Waals surface area (Å²) in [6.07, 6.45) is 3.00. The Balaban J connectivity index is 3.36. The van der Waals surface area contributed by atoms with Gasteiger partial charge in [-0.2, -0.15) is 0 Å². The summed E-state index contributed by atoms with van der Waals surface area (Å²) in [5.41, 5.74) is 3.47. The molecule has 3 N–H and O–H groups in total. The van der Waals surface area contributed by atoms with Crippen molar-refractivity contribution in [2.45, 2.75) is 6.92 Å². The minimum absolute atomic E-state index is 0.773. The first-order valence-electron chi connectivity index (χ1n) is 2.04. The van der Waals surface area contributed by atoms with Crippen molar-refractivity contribution in [1.82, 2.24) is 0 Å². The number of quaternary nitrogens is 1. The summed E-state index contributed by atoms with van der Waals surface area (Å²) >= 11 is 0. The molecule has 0 aliphatic rings. The zero-order valence-corrected chi connectivity index (χ0v) is 4.48.